The summed E-state index contributed by atoms with van der Waals surface area (Å²) >= 11 is 5.79. The van der Waals surface area contributed by atoms with Crippen molar-refractivity contribution >= 4 is 34.1 Å². The van der Waals surface area contributed by atoms with Crippen LogP contribution in [0, 0.1) is 6.92 Å². The highest BCUT2D eigenvalue weighted by Gasteiger charge is 2.11. The maximum Gasteiger partial charge on any atom is 0.272 e. The van der Waals surface area contributed by atoms with Gasteiger partial charge in [0.1, 0.15) is 10.8 Å². The first-order chi connectivity index (χ1) is 9.63. The van der Waals surface area contributed by atoms with Crippen molar-refractivity contribution in [1.29, 1.82) is 0 Å². The molecule has 0 spiro atoms. The summed E-state index contributed by atoms with van der Waals surface area (Å²) in [5.41, 5.74) is 2.78. The number of hydrogen-bond acceptors (Lipinski definition) is 2. The number of carbonyl (C=O) groups is 1. The minimum absolute atomic E-state index is 0.201. The molecular formula is C15H12ClN3O. The van der Waals surface area contributed by atoms with Crippen molar-refractivity contribution in [3.63, 3.8) is 0 Å². The van der Waals surface area contributed by atoms with Crippen molar-refractivity contribution in [2.45, 2.75) is 6.92 Å². The van der Waals surface area contributed by atoms with E-state index in [1.807, 2.05) is 30.3 Å². The Balaban J connectivity index is 1.89. The van der Waals surface area contributed by atoms with Crippen molar-refractivity contribution < 1.29 is 4.79 Å². The van der Waals surface area contributed by atoms with Crippen LogP contribution in [-0.2, 0) is 0 Å². The van der Waals surface area contributed by atoms with Crippen molar-refractivity contribution in [3.05, 3.63) is 59.0 Å². The molecule has 5 heteroatoms. The minimum Gasteiger partial charge on any atom is -0.351 e. The van der Waals surface area contributed by atoms with Gasteiger partial charge in [0, 0.05) is 10.9 Å². The number of halogens is 1. The number of rotatable bonds is 2. The molecule has 0 fully saturated rings. The molecule has 0 saturated carbocycles. The lowest BCUT2D eigenvalue weighted by Crippen LogP contribution is -2.13. The summed E-state index contributed by atoms with van der Waals surface area (Å²) in [6, 6.07) is 13.0. The van der Waals surface area contributed by atoms with Gasteiger partial charge in [0.05, 0.1) is 11.4 Å². The third-order valence-electron chi connectivity index (χ3n) is 3.07. The average Bonchev–Trinajstić information content (AvgIpc) is 2.86. The van der Waals surface area contributed by atoms with Crippen molar-refractivity contribution in [1.82, 2.24) is 9.97 Å². The van der Waals surface area contributed by atoms with E-state index in [-0.39, 0.29) is 5.91 Å². The lowest BCUT2D eigenvalue weighted by Gasteiger charge is -2.06. The monoisotopic (exact) mass is 285 g/mol. The van der Waals surface area contributed by atoms with Gasteiger partial charge >= 0.3 is 0 Å². The maximum atomic E-state index is 12.2. The average molecular weight is 286 g/mol. The topological polar surface area (TPSA) is 57.8 Å². The van der Waals surface area contributed by atoms with E-state index in [9.17, 15) is 4.79 Å². The highest BCUT2D eigenvalue weighted by atomic mass is 35.5. The van der Waals surface area contributed by atoms with Gasteiger partial charge in [-0.15, -0.1) is 0 Å². The smallest absolute Gasteiger partial charge is 0.272 e. The first-order valence-electron chi connectivity index (χ1n) is 6.16. The summed E-state index contributed by atoms with van der Waals surface area (Å²) in [5.74, 6) is -0.201. The Morgan fingerprint density at radius 1 is 1.25 bits per heavy atom. The summed E-state index contributed by atoms with van der Waals surface area (Å²) in [4.78, 5) is 19.4. The van der Waals surface area contributed by atoms with E-state index in [2.05, 4.69) is 15.3 Å². The molecule has 0 aliphatic heterocycles. The van der Waals surface area contributed by atoms with Gasteiger partial charge < -0.3 is 10.3 Å². The van der Waals surface area contributed by atoms with Crippen LogP contribution in [0.2, 0.25) is 5.15 Å². The number of anilines is 1. The summed E-state index contributed by atoms with van der Waals surface area (Å²) in [6.07, 6.45) is 0. The van der Waals surface area contributed by atoms with Crippen LogP contribution in [0.25, 0.3) is 10.9 Å². The van der Waals surface area contributed by atoms with Crippen LogP contribution < -0.4 is 5.32 Å². The Kier molecular flexibility index (Phi) is 3.16. The van der Waals surface area contributed by atoms with E-state index in [4.69, 9.17) is 11.6 Å². The molecule has 0 radical (unpaired) electrons. The van der Waals surface area contributed by atoms with Crippen LogP contribution in [0.5, 0.6) is 0 Å². The number of para-hydroxylation sites is 1. The van der Waals surface area contributed by atoms with Gasteiger partial charge in [0.25, 0.3) is 5.91 Å². The van der Waals surface area contributed by atoms with Gasteiger partial charge in [-0.2, -0.15) is 0 Å². The summed E-state index contributed by atoms with van der Waals surface area (Å²) in [7, 11) is 0. The van der Waals surface area contributed by atoms with Gasteiger partial charge in [-0.05, 0) is 31.2 Å². The molecule has 2 heterocycles. The zero-order valence-electron chi connectivity index (χ0n) is 10.8. The Morgan fingerprint density at radius 3 is 2.80 bits per heavy atom. The lowest BCUT2D eigenvalue weighted by atomic mass is 10.2. The maximum absolute atomic E-state index is 12.2. The van der Waals surface area contributed by atoms with E-state index in [1.54, 1.807) is 19.1 Å². The summed E-state index contributed by atoms with van der Waals surface area (Å²) < 4.78 is 0. The normalized spacial score (nSPS) is 10.7. The van der Waals surface area contributed by atoms with Crippen molar-refractivity contribution in [2.24, 2.45) is 0 Å². The van der Waals surface area contributed by atoms with E-state index in [0.717, 1.165) is 10.9 Å². The van der Waals surface area contributed by atoms with Gasteiger partial charge in [0.15, 0.2) is 0 Å². The Labute approximate surface area is 120 Å². The fraction of sp³-hybridized carbons (Fsp3) is 0.0667. The van der Waals surface area contributed by atoms with Crippen LogP contribution in [0.15, 0.2) is 42.5 Å². The molecule has 0 saturated heterocycles. The highest BCUT2D eigenvalue weighted by Crippen LogP contribution is 2.18. The molecule has 0 aliphatic carbocycles. The van der Waals surface area contributed by atoms with Crippen LogP contribution in [0.3, 0.4) is 0 Å². The molecule has 2 N–H and O–H groups in total. The predicted octanol–water partition coefficient (Wildman–Crippen LogP) is 3.78. The number of carbonyl (C=O) groups excluding carboxylic acids is 1. The zero-order chi connectivity index (χ0) is 14.1. The molecule has 1 aromatic carbocycles. The molecule has 1 amide bonds. The number of nitrogens with zero attached hydrogens (tertiary/aromatic N) is 1. The highest BCUT2D eigenvalue weighted by molar-refractivity contribution is 6.29. The number of aromatic nitrogens is 2. The van der Waals surface area contributed by atoms with Crippen molar-refractivity contribution in [2.75, 3.05) is 5.32 Å². The van der Waals surface area contributed by atoms with Gasteiger partial charge in [-0.3, -0.25) is 4.79 Å². The SMILES string of the molecule is Cc1nc(Cl)ccc1NC(=O)c1cc2ccccc2[nH]1. The lowest BCUT2D eigenvalue weighted by molar-refractivity contribution is 0.102. The first-order valence-corrected chi connectivity index (χ1v) is 6.53. The fourth-order valence-corrected chi connectivity index (χ4v) is 2.24. The molecule has 4 nitrogen and oxygen atoms in total. The number of H-pyrrole nitrogens is 1. The van der Waals surface area contributed by atoms with Gasteiger partial charge in [-0.1, -0.05) is 29.8 Å². The first kappa shape index (κ1) is 12.7. The number of aryl methyl sites for hydroxylation is 1. The fourth-order valence-electron chi connectivity index (χ4n) is 2.05. The van der Waals surface area contributed by atoms with Crippen LogP contribution in [0.4, 0.5) is 5.69 Å². The molecule has 3 aromatic rings. The second-order valence-corrected chi connectivity index (χ2v) is 4.88. The zero-order valence-corrected chi connectivity index (χ0v) is 11.5. The van der Waals surface area contributed by atoms with Crippen molar-refractivity contribution in [3.8, 4) is 0 Å². The number of amides is 1. The largest absolute Gasteiger partial charge is 0.351 e. The number of aromatic amines is 1. The molecule has 20 heavy (non-hydrogen) atoms. The molecule has 3 rings (SSSR count). The van der Waals surface area contributed by atoms with Crippen LogP contribution >= 0.6 is 11.6 Å². The minimum atomic E-state index is -0.201. The predicted molar refractivity (Wildman–Crippen MR) is 80.2 cm³/mol. The Morgan fingerprint density at radius 2 is 2.05 bits per heavy atom. The van der Waals surface area contributed by atoms with E-state index in [1.165, 1.54) is 0 Å². The van der Waals surface area contributed by atoms with Crippen LogP contribution in [0.1, 0.15) is 16.2 Å². The van der Waals surface area contributed by atoms with E-state index >= 15 is 0 Å². The molecule has 0 aliphatic rings. The third-order valence-corrected chi connectivity index (χ3v) is 3.29. The van der Waals surface area contributed by atoms with E-state index < -0.39 is 0 Å². The second kappa shape index (κ2) is 4.98. The number of hydrogen-bond donors (Lipinski definition) is 2. The standard InChI is InChI=1S/C15H12ClN3O/c1-9-11(6-7-14(16)17-9)19-15(20)13-8-10-4-2-3-5-12(10)18-13/h2-8,18H,1H3,(H,19,20). The van der Waals surface area contributed by atoms with Gasteiger partial charge in [-0.25, -0.2) is 4.98 Å². The quantitative estimate of drug-likeness (QED) is 0.704. The Hall–Kier alpha value is -2.33. The van der Waals surface area contributed by atoms with Crippen LogP contribution in [-0.4, -0.2) is 15.9 Å². The number of pyridine rings is 1. The number of fused-ring (bicyclic) bond motifs is 1. The molecule has 2 aromatic heterocycles. The molecule has 100 valence electrons. The number of benzene rings is 1. The molecular weight excluding hydrogens is 274 g/mol. The summed E-state index contributed by atoms with van der Waals surface area (Å²) in [5, 5.41) is 4.24. The van der Waals surface area contributed by atoms with Gasteiger partial charge in [0.2, 0.25) is 0 Å². The molecule has 0 atom stereocenters. The third kappa shape index (κ3) is 2.38. The Bertz CT molecular complexity index is 762. The van der Waals surface area contributed by atoms with E-state index in [0.29, 0.717) is 22.2 Å². The molecule has 0 bridgehead atoms. The summed E-state index contributed by atoms with van der Waals surface area (Å²) in [6.45, 7) is 1.80. The molecule has 0 unspecified atom stereocenters. The number of nitrogens with one attached hydrogen (secondary N) is 2. The second-order valence-electron chi connectivity index (χ2n) is 4.49.